The maximum atomic E-state index is 12.3. The van der Waals surface area contributed by atoms with E-state index in [4.69, 9.17) is 5.11 Å². The van der Waals surface area contributed by atoms with Crippen molar-refractivity contribution in [2.45, 2.75) is 18.9 Å². The number of nitrogens with zero attached hydrogens (tertiary/aromatic N) is 1. The molecule has 5 nitrogen and oxygen atoms in total. The maximum Gasteiger partial charge on any atom is 0.328 e. The first-order valence-corrected chi connectivity index (χ1v) is 6.77. The van der Waals surface area contributed by atoms with Crippen molar-refractivity contribution in [3.8, 4) is 0 Å². The summed E-state index contributed by atoms with van der Waals surface area (Å²) in [5.74, 6) is -1.20. The Bertz CT molecular complexity index is 533. The van der Waals surface area contributed by atoms with Gasteiger partial charge in [0.05, 0.1) is 10.5 Å². The second-order valence-corrected chi connectivity index (χ2v) is 5.77. The maximum absolute atomic E-state index is 12.3. The van der Waals surface area contributed by atoms with Crippen molar-refractivity contribution >= 4 is 29.3 Å². The van der Waals surface area contributed by atoms with Crippen LogP contribution in [0.2, 0.25) is 0 Å². The number of carbonyl (C=O) groups is 2. The summed E-state index contributed by atoms with van der Waals surface area (Å²) in [6, 6.07) is 1.71. The number of hydrogen-bond acceptors (Lipinski definition) is 4. The van der Waals surface area contributed by atoms with Gasteiger partial charge in [0.1, 0.15) is 0 Å². The van der Waals surface area contributed by atoms with Crippen LogP contribution in [0.5, 0.6) is 0 Å². The Balaban J connectivity index is 2.17. The molecule has 2 N–H and O–H groups in total. The van der Waals surface area contributed by atoms with Crippen LogP contribution in [0.15, 0.2) is 17.5 Å². The monoisotopic (exact) mass is 281 g/mol. The van der Waals surface area contributed by atoms with Gasteiger partial charge < -0.3 is 15.1 Å². The van der Waals surface area contributed by atoms with Gasteiger partial charge in [-0.25, -0.2) is 4.79 Å². The van der Waals surface area contributed by atoms with Crippen molar-refractivity contribution in [1.82, 2.24) is 4.90 Å². The molecular formula is C13H15NO4S. The number of likely N-dealkylation sites (tertiary alicyclic amines) is 1. The normalized spacial score (nSPS) is 23.2. The number of carboxylic acids is 1. The fraction of sp³-hybridized carbons (Fsp3) is 0.385. The van der Waals surface area contributed by atoms with E-state index < -0.39 is 11.6 Å². The molecule has 1 aliphatic heterocycles. The molecule has 1 aliphatic rings. The van der Waals surface area contributed by atoms with Gasteiger partial charge >= 0.3 is 5.97 Å². The lowest BCUT2D eigenvalue weighted by molar-refractivity contribution is -0.131. The highest BCUT2D eigenvalue weighted by Crippen LogP contribution is 2.26. The fourth-order valence-corrected chi connectivity index (χ4v) is 2.90. The van der Waals surface area contributed by atoms with Crippen LogP contribution in [0.3, 0.4) is 0 Å². The molecule has 0 aromatic carbocycles. The van der Waals surface area contributed by atoms with Gasteiger partial charge in [-0.3, -0.25) is 4.79 Å². The molecule has 1 aromatic rings. The minimum absolute atomic E-state index is 0.155. The number of thiophene rings is 1. The number of carboxylic acid groups (broad SMARTS) is 1. The molecule has 2 rings (SSSR count). The van der Waals surface area contributed by atoms with E-state index in [1.165, 1.54) is 17.4 Å². The third kappa shape index (κ3) is 3.21. The average Bonchev–Trinajstić information content (AvgIpc) is 2.91. The van der Waals surface area contributed by atoms with Crippen molar-refractivity contribution in [3.63, 3.8) is 0 Å². The first-order valence-electron chi connectivity index (χ1n) is 5.89. The van der Waals surface area contributed by atoms with Gasteiger partial charge in [-0.15, -0.1) is 11.3 Å². The Kier molecular flexibility index (Phi) is 3.73. The SMILES string of the molecule is CC1(O)CCN(C(=O)c2sccc2/C=C/C(=O)O)C1. The Morgan fingerprint density at radius 3 is 2.84 bits per heavy atom. The zero-order valence-corrected chi connectivity index (χ0v) is 11.3. The number of β-amino-alcohol motifs (C(OH)–C–C–N with tert-alkyl or cyclic N) is 1. The molecule has 6 heteroatoms. The molecule has 1 aromatic heterocycles. The van der Waals surface area contributed by atoms with Crippen molar-refractivity contribution in [2.75, 3.05) is 13.1 Å². The molecule has 1 atom stereocenters. The Morgan fingerprint density at radius 2 is 2.26 bits per heavy atom. The van der Waals surface area contributed by atoms with E-state index in [9.17, 15) is 14.7 Å². The number of aliphatic carboxylic acids is 1. The minimum Gasteiger partial charge on any atom is -0.478 e. The topological polar surface area (TPSA) is 77.8 Å². The molecule has 0 spiro atoms. The first-order chi connectivity index (χ1) is 8.89. The van der Waals surface area contributed by atoms with Gasteiger partial charge in [0.2, 0.25) is 0 Å². The quantitative estimate of drug-likeness (QED) is 0.822. The van der Waals surface area contributed by atoms with E-state index in [1.807, 2.05) is 0 Å². The molecule has 1 saturated heterocycles. The van der Waals surface area contributed by atoms with Crippen LogP contribution in [0.25, 0.3) is 6.08 Å². The summed E-state index contributed by atoms with van der Waals surface area (Å²) < 4.78 is 0. The zero-order valence-electron chi connectivity index (χ0n) is 10.5. The zero-order chi connectivity index (χ0) is 14.0. The molecule has 19 heavy (non-hydrogen) atoms. The number of aliphatic hydroxyl groups is 1. The van der Waals surface area contributed by atoms with Gasteiger partial charge in [0, 0.05) is 19.2 Å². The van der Waals surface area contributed by atoms with Crippen LogP contribution in [0.1, 0.15) is 28.6 Å². The summed E-state index contributed by atoms with van der Waals surface area (Å²) in [5.41, 5.74) is -0.229. The minimum atomic E-state index is -1.05. The van der Waals surface area contributed by atoms with Crippen LogP contribution in [0, 0.1) is 0 Å². The Morgan fingerprint density at radius 1 is 1.53 bits per heavy atom. The van der Waals surface area contributed by atoms with Crippen molar-refractivity contribution < 1.29 is 19.8 Å². The molecule has 0 radical (unpaired) electrons. The fourth-order valence-electron chi connectivity index (χ4n) is 2.05. The summed E-state index contributed by atoms with van der Waals surface area (Å²) in [6.07, 6.45) is 2.99. The Hall–Kier alpha value is -1.66. The van der Waals surface area contributed by atoms with Crippen LogP contribution in [-0.4, -0.2) is 45.7 Å². The lowest BCUT2D eigenvalue weighted by Crippen LogP contribution is -2.33. The summed E-state index contributed by atoms with van der Waals surface area (Å²) in [4.78, 5) is 24.9. The van der Waals surface area contributed by atoms with Gasteiger partial charge in [-0.2, -0.15) is 0 Å². The summed E-state index contributed by atoms with van der Waals surface area (Å²) >= 11 is 1.28. The van der Waals surface area contributed by atoms with E-state index in [-0.39, 0.29) is 5.91 Å². The molecule has 0 bridgehead atoms. The number of carbonyl (C=O) groups excluding carboxylic acids is 1. The molecule has 2 heterocycles. The summed E-state index contributed by atoms with van der Waals surface area (Å²) in [6.45, 7) is 2.54. The van der Waals surface area contributed by atoms with Gasteiger partial charge in [-0.1, -0.05) is 0 Å². The predicted octanol–water partition coefficient (Wildman–Crippen LogP) is 1.44. The molecular weight excluding hydrogens is 266 g/mol. The van der Waals surface area contributed by atoms with Crippen LogP contribution in [-0.2, 0) is 4.79 Å². The van der Waals surface area contributed by atoms with E-state index in [0.29, 0.717) is 30.0 Å². The molecule has 1 unspecified atom stereocenters. The lowest BCUT2D eigenvalue weighted by Gasteiger charge is -2.18. The van der Waals surface area contributed by atoms with Gasteiger partial charge in [0.25, 0.3) is 5.91 Å². The van der Waals surface area contributed by atoms with Gasteiger partial charge in [0.15, 0.2) is 0 Å². The second-order valence-electron chi connectivity index (χ2n) is 4.85. The summed E-state index contributed by atoms with van der Waals surface area (Å²) in [7, 11) is 0. The molecule has 102 valence electrons. The van der Waals surface area contributed by atoms with E-state index in [2.05, 4.69) is 0 Å². The second kappa shape index (κ2) is 5.14. The first kappa shape index (κ1) is 13.8. The molecule has 1 fully saturated rings. The van der Waals surface area contributed by atoms with Crippen LogP contribution < -0.4 is 0 Å². The van der Waals surface area contributed by atoms with Crippen molar-refractivity contribution in [1.29, 1.82) is 0 Å². The third-order valence-corrected chi connectivity index (χ3v) is 3.95. The van der Waals surface area contributed by atoms with E-state index in [0.717, 1.165) is 6.08 Å². The summed E-state index contributed by atoms with van der Waals surface area (Å²) in [5, 5.41) is 20.2. The molecule has 0 aliphatic carbocycles. The van der Waals surface area contributed by atoms with Crippen LogP contribution in [0.4, 0.5) is 0 Å². The number of amides is 1. The van der Waals surface area contributed by atoms with Crippen molar-refractivity contribution in [2.24, 2.45) is 0 Å². The van der Waals surface area contributed by atoms with E-state index >= 15 is 0 Å². The van der Waals surface area contributed by atoms with Crippen LogP contribution >= 0.6 is 11.3 Å². The largest absolute Gasteiger partial charge is 0.478 e. The van der Waals surface area contributed by atoms with E-state index in [1.54, 1.807) is 23.3 Å². The average molecular weight is 281 g/mol. The third-order valence-electron chi connectivity index (χ3n) is 3.03. The highest BCUT2D eigenvalue weighted by Gasteiger charge is 2.35. The highest BCUT2D eigenvalue weighted by atomic mass is 32.1. The highest BCUT2D eigenvalue weighted by molar-refractivity contribution is 7.12. The van der Waals surface area contributed by atoms with Gasteiger partial charge in [-0.05, 0) is 36.4 Å². The van der Waals surface area contributed by atoms with Crippen molar-refractivity contribution in [3.05, 3.63) is 28.0 Å². The molecule has 0 saturated carbocycles. The predicted molar refractivity (Wildman–Crippen MR) is 72.1 cm³/mol. The smallest absolute Gasteiger partial charge is 0.328 e. The molecule has 1 amide bonds. The number of rotatable bonds is 3. The lowest BCUT2D eigenvalue weighted by atomic mass is 10.1. The standard InChI is InChI=1S/C13H15NO4S/c1-13(18)5-6-14(8-13)12(17)11-9(4-7-19-11)2-3-10(15)16/h2-4,7,18H,5-6,8H2,1H3,(H,15,16)/b3-2+. The Labute approximate surface area is 114 Å². The number of hydrogen-bond donors (Lipinski definition) is 2.